The third kappa shape index (κ3) is 3.95. The van der Waals surface area contributed by atoms with E-state index in [2.05, 4.69) is 39.2 Å². The highest BCUT2D eigenvalue weighted by molar-refractivity contribution is 6.74. The lowest BCUT2D eigenvalue weighted by atomic mass is 9.93. The number of carbonyl (C=O) groups excluding carboxylic acids is 3. The molecule has 0 aromatic carbocycles. The van der Waals surface area contributed by atoms with Crippen molar-refractivity contribution in [3.05, 3.63) is 0 Å². The van der Waals surface area contributed by atoms with Gasteiger partial charge in [-0.1, -0.05) is 20.8 Å². The molecule has 0 aromatic rings. The van der Waals surface area contributed by atoms with Crippen LogP contribution in [-0.4, -0.2) is 45.2 Å². The van der Waals surface area contributed by atoms with Crippen LogP contribution in [0.5, 0.6) is 0 Å². The van der Waals surface area contributed by atoms with Gasteiger partial charge in [-0.05, 0) is 25.1 Å². The van der Waals surface area contributed by atoms with Crippen LogP contribution in [-0.2, 0) is 23.5 Å². The fourth-order valence-corrected chi connectivity index (χ4v) is 3.65. The fourth-order valence-electron chi connectivity index (χ4n) is 2.31. The van der Waals surface area contributed by atoms with Crippen molar-refractivity contribution in [3.63, 3.8) is 0 Å². The molecule has 3 atom stereocenters. The zero-order chi connectivity index (χ0) is 17.3. The van der Waals surface area contributed by atoms with Crippen molar-refractivity contribution in [2.24, 2.45) is 5.92 Å². The molecule has 1 amide bonds. The van der Waals surface area contributed by atoms with Crippen LogP contribution in [0.3, 0.4) is 0 Å². The number of carbonyl (C=O) groups is 3. The highest BCUT2D eigenvalue weighted by atomic mass is 28.4. The highest BCUT2D eigenvalue weighted by Gasteiger charge is 2.48. The molecule has 0 bridgehead atoms. The minimum atomic E-state index is -2.12. The molecule has 1 aliphatic heterocycles. The third-order valence-electron chi connectivity index (χ3n) is 4.62. The Labute approximate surface area is 133 Å². The Morgan fingerprint density at radius 3 is 2.27 bits per heavy atom. The summed E-state index contributed by atoms with van der Waals surface area (Å²) in [5.74, 6) is -2.19. The molecule has 1 unspecified atom stereocenters. The summed E-state index contributed by atoms with van der Waals surface area (Å²) in [7, 11) is -0.888. The van der Waals surface area contributed by atoms with Crippen LogP contribution in [0, 0.1) is 5.92 Å². The van der Waals surface area contributed by atoms with E-state index in [4.69, 9.17) is 9.16 Å². The normalized spacial score (nSPS) is 23.9. The molecule has 1 N–H and O–H groups in total. The van der Waals surface area contributed by atoms with Crippen LogP contribution in [0.2, 0.25) is 18.1 Å². The van der Waals surface area contributed by atoms with Gasteiger partial charge < -0.3 is 14.5 Å². The third-order valence-corrected chi connectivity index (χ3v) is 9.12. The Morgan fingerprint density at radius 2 is 1.86 bits per heavy atom. The lowest BCUT2D eigenvalue weighted by molar-refractivity contribution is -0.151. The van der Waals surface area contributed by atoms with Crippen molar-refractivity contribution in [2.45, 2.75) is 64.4 Å². The van der Waals surface area contributed by atoms with Crippen LogP contribution in [0.4, 0.5) is 0 Å². The molecule has 1 aliphatic rings. The van der Waals surface area contributed by atoms with E-state index in [0.717, 1.165) is 0 Å². The fraction of sp³-hybridized carbons (Fsp3) is 0.800. The lowest BCUT2D eigenvalue weighted by Crippen LogP contribution is -2.52. The largest absolute Gasteiger partial charge is 0.468 e. The van der Waals surface area contributed by atoms with Crippen LogP contribution in [0.1, 0.15) is 34.1 Å². The van der Waals surface area contributed by atoms with Crippen LogP contribution < -0.4 is 5.32 Å². The van der Waals surface area contributed by atoms with Crippen LogP contribution in [0.15, 0.2) is 0 Å². The first kappa shape index (κ1) is 18.8. The molecule has 126 valence electrons. The Morgan fingerprint density at radius 1 is 1.32 bits per heavy atom. The van der Waals surface area contributed by atoms with Crippen molar-refractivity contribution in [3.8, 4) is 0 Å². The maximum absolute atomic E-state index is 11.9. The van der Waals surface area contributed by atoms with Gasteiger partial charge in [0.2, 0.25) is 5.91 Å². The quantitative estimate of drug-likeness (QED) is 0.471. The second-order valence-electron chi connectivity index (χ2n) is 7.33. The van der Waals surface area contributed by atoms with Gasteiger partial charge in [-0.2, -0.15) is 0 Å². The second kappa shape index (κ2) is 6.50. The van der Waals surface area contributed by atoms with E-state index in [0.29, 0.717) is 0 Å². The summed E-state index contributed by atoms with van der Waals surface area (Å²) < 4.78 is 11.0. The van der Waals surface area contributed by atoms with E-state index < -0.39 is 32.4 Å². The summed E-state index contributed by atoms with van der Waals surface area (Å²) in [6.07, 6.45) is -0.320. The topological polar surface area (TPSA) is 81.7 Å². The van der Waals surface area contributed by atoms with Gasteiger partial charge in [0, 0.05) is 0 Å². The minimum absolute atomic E-state index is 0.0276. The zero-order valence-corrected chi connectivity index (χ0v) is 15.5. The molecule has 22 heavy (non-hydrogen) atoms. The standard InChI is InChI=1S/C15H27NO5Si/c1-9(17)12(14(19)20-5)13-10(8-11(18)16-13)21-22(6,7)15(2,3)4/h10,12-13H,8H2,1-7H3,(H,16,18)/t10-,12?,13+/m0/s1. The Bertz CT molecular complexity index is 469. The molecule has 7 heteroatoms. The smallest absolute Gasteiger partial charge is 0.318 e. The van der Waals surface area contributed by atoms with E-state index in [1.54, 1.807) is 0 Å². The summed E-state index contributed by atoms with van der Waals surface area (Å²) in [6, 6.07) is -0.661. The molecule has 0 saturated carbocycles. The average molecular weight is 329 g/mol. The van der Waals surface area contributed by atoms with Gasteiger partial charge in [0.25, 0.3) is 0 Å². The number of ketones is 1. The Kier molecular flexibility index (Phi) is 5.56. The van der Waals surface area contributed by atoms with Gasteiger partial charge in [0.1, 0.15) is 11.7 Å². The first-order valence-corrected chi connectivity index (χ1v) is 10.4. The summed E-state index contributed by atoms with van der Waals surface area (Å²) in [4.78, 5) is 35.6. The van der Waals surface area contributed by atoms with Gasteiger partial charge in [-0.25, -0.2) is 0 Å². The van der Waals surface area contributed by atoms with Gasteiger partial charge in [-0.15, -0.1) is 0 Å². The minimum Gasteiger partial charge on any atom is -0.468 e. The Balaban J connectivity index is 3.05. The molecule has 0 aliphatic carbocycles. The maximum atomic E-state index is 11.9. The van der Waals surface area contributed by atoms with E-state index in [9.17, 15) is 14.4 Å². The lowest BCUT2D eigenvalue weighted by Gasteiger charge is -2.40. The molecule has 6 nitrogen and oxygen atoms in total. The van der Waals surface area contributed by atoms with Crippen molar-refractivity contribution in [1.82, 2.24) is 5.32 Å². The SMILES string of the molecule is COC(=O)C(C(C)=O)[C@@H]1NC(=O)C[C@@H]1O[Si](C)(C)C(C)(C)C. The van der Waals surface area contributed by atoms with E-state index >= 15 is 0 Å². The summed E-state index contributed by atoms with van der Waals surface area (Å²) in [5, 5.41) is 2.68. The van der Waals surface area contributed by atoms with Crippen molar-refractivity contribution < 1.29 is 23.5 Å². The summed E-state index contributed by atoms with van der Waals surface area (Å²) >= 11 is 0. The van der Waals surface area contributed by atoms with Crippen molar-refractivity contribution in [2.75, 3.05) is 7.11 Å². The number of nitrogens with one attached hydrogen (secondary N) is 1. The number of esters is 1. The molecular weight excluding hydrogens is 302 g/mol. The number of ether oxygens (including phenoxy) is 1. The zero-order valence-electron chi connectivity index (χ0n) is 14.5. The molecule has 0 spiro atoms. The number of amides is 1. The van der Waals surface area contributed by atoms with Gasteiger partial charge in [0.05, 0.1) is 25.7 Å². The molecule has 0 radical (unpaired) electrons. The number of rotatable bonds is 5. The van der Waals surface area contributed by atoms with Gasteiger partial charge >= 0.3 is 5.97 Å². The van der Waals surface area contributed by atoms with Crippen LogP contribution in [0.25, 0.3) is 0 Å². The van der Waals surface area contributed by atoms with E-state index in [-0.39, 0.29) is 23.1 Å². The van der Waals surface area contributed by atoms with E-state index in [1.165, 1.54) is 14.0 Å². The first-order valence-electron chi connectivity index (χ1n) is 7.46. The highest BCUT2D eigenvalue weighted by Crippen LogP contribution is 2.39. The molecular formula is C15H27NO5Si. The van der Waals surface area contributed by atoms with Crippen molar-refractivity contribution >= 4 is 26.0 Å². The summed E-state index contributed by atoms with van der Waals surface area (Å²) in [5.41, 5.74) is 0. The van der Waals surface area contributed by atoms with E-state index in [1.807, 2.05) is 0 Å². The molecule has 0 aromatic heterocycles. The number of hydrogen-bond donors (Lipinski definition) is 1. The molecule has 1 rings (SSSR count). The summed E-state index contributed by atoms with van der Waals surface area (Å²) in [6.45, 7) is 11.8. The van der Waals surface area contributed by atoms with Gasteiger partial charge in [-0.3, -0.25) is 14.4 Å². The predicted octanol–water partition coefficient (Wildman–Crippen LogP) is 1.64. The molecule has 1 heterocycles. The number of Topliss-reactive ketones (excluding diaryl/α,β-unsaturated/α-hetero) is 1. The predicted molar refractivity (Wildman–Crippen MR) is 84.8 cm³/mol. The molecule has 1 fully saturated rings. The number of hydrogen-bond acceptors (Lipinski definition) is 5. The van der Waals surface area contributed by atoms with Crippen LogP contribution >= 0.6 is 0 Å². The Hall–Kier alpha value is -1.21. The number of methoxy groups -OCH3 is 1. The van der Waals surface area contributed by atoms with Gasteiger partial charge in [0.15, 0.2) is 8.32 Å². The second-order valence-corrected chi connectivity index (χ2v) is 12.1. The monoisotopic (exact) mass is 329 g/mol. The average Bonchev–Trinajstić information content (AvgIpc) is 2.67. The maximum Gasteiger partial charge on any atom is 0.318 e. The molecule has 1 saturated heterocycles. The van der Waals surface area contributed by atoms with Crippen molar-refractivity contribution in [1.29, 1.82) is 0 Å². The first-order chi connectivity index (χ1) is 9.90.